The Bertz CT molecular complexity index is 1100. The highest BCUT2D eigenvalue weighted by molar-refractivity contribution is 7.18. The molecule has 0 unspecified atom stereocenters. The zero-order valence-corrected chi connectivity index (χ0v) is 17.6. The van der Waals surface area contributed by atoms with Crippen molar-refractivity contribution in [1.82, 2.24) is 9.97 Å². The highest BCUT2D eigenvalue weighted by atomic mass is 35.5. The fraction of sp³-hybridized carbons (Fsp3) is 0.429. The van der Waals surface area contributed by atoms with E-state index in [1.54, 1.807) is 11.3 Å². The summed E-state index contributed by atoms with van der Waals surface area (Å²) < 4.78 is 0. The number of benzene rings is 1. The van der Waals surface area contributed by atoms with E-state index >= 15 is 0 Å². The van der Waals surface area contributed by atoms with E-state index in [0.29, 0.717) is 0 Å². The van der Waals surface area contributed by atoms with Crippen molar-refractivity contribution in [3.8, 4) is 0 Å². The summed E-state index contributed by atoms with van der Waals surface area (Å²) in [6, 6.07) is 6.09. The summed E-state index contributed by atoms with van der Waals surface area (Å²) in [5, 5.41) is 1.63. The predicted octanol–water partition coefficient (Wildman–Crippen LogP) is 2.34. The van der Waals surface area contributed by atoms with E-state index < -0.39 is 0 Å². The molecule has 2 N–H and O–H groups in total. The highest BCUT2D eigenvalue weighted by Gasteiger charge is 2.24. The monoisotopic (exact) mass is 415 g/mol. The number of aryl methyl sites for hydroxylation is 3. The van der Waals surface area contributed by atoms with Crippen LogP contribution < -0.4 is 15.4 Å². The molecule has 3 aromatic rings. The number of nitrogens with zero attached hydrogens (tertiary/aromatic N) is 2. The molecule has 28 heavy (non-hydrogen) atoms. The van der Waals surface area contributed by atoms with E-state index in [2.05, 4.69) is 28.9 Å². The number of rotatable bonds is 3. The van der Waals surface area contributed by atoms with Crippen LogP contribution in [0.4, 0.5) is 5.69 Å². The molecule has 2 aliphatic rings. The van der Waals surface area contributed by atoms with Gasteiger partial charge in [0.15, 0.2) is 5.82 Å². The first-order valence-corrected chi connectivity index (χ1v) is 11.2. The van der Waals surface area contributed by atoms with Gasteiger partial charge in [0, 0.05) is 15.6 Å². The van der Waals surface area contributed by atoms with Crippen molar-refractivity contribution in [2.24, 2.45) is 0 Å². The molecule has 1 saturated heterocycles. The smallest absolute Gasteiger partial charge is 0.260 e. The van der Waals surface area contributed by atoms with Crippen LogP contribution in [0.5, 0.6) is 0 Å². The molecule has 0 saturated carbocycles. The minimum absolute atomic E-state index is 0.0481. The number of H-pyrrole nitrogens is 1. The standard InChI is InChI=1S/C21H23ClN4OS/c1-13-5-6-14(22)11-16(13)26-9-7-25(8-10-26)12-18-23-20(27)19-15-3-2-4-17(15)28-21(19)24-18/h5-6,11H,2-4,7-10,12H2,1H3,(H,23,24,27)/p+1. The number of thiophene rings is 1. The van der Waals surface area contributed by atoms with Gasteiger partial charge in [-0.15, -0.1) is 11.3 Å². The van der Waals surface area contributed by atoms with E-state index in [9.17, 15) is 4.79 Å². The van der Waals surface area contributed by atoms with Crippen LogP contribution in [0, 0.1) is 6.92 Å². The lowest BCUT2D eigenvalue weighted by Gasteiger charge is -2.34. The zero-order valence-electron chi connectivity index (χ0n) is 16.0. The number of nitrogens with one attached hydrogen (secondary N) is 2. The Balaban J connectivity index is 1.30. The molecule has 1 fully saturated rings. The van der Waals surface area contributed by atoms with Gasteiger partial charge in [0.05, 0.1) is 31.6 Å². The second kappa shape index (κ2) is 7.17. The SMILES string of the molecule is Cc1ccc(Cl)cc1N1CC[NH+](Cc2nc3sc4c(c3c(=O)[nH]2)CCC4)CC1. The summed E-state index contributed by atoms with van der Waals surface area (Å²) >= 11 is 7.91. The van der Waals surface area contributed by atoms with Crippen molar-refractivity contribution in [3.05, 3.63) is 55.4 Å². The third-order valence-corrected chi connectivity index (χ3v) is 7.44. The fourth-order valence-electron chi connectivity index (χ4n) is 4.53. The Kier molecular flexibility index (Phi) is 4.65. The summed E-state index contributed by atoms with van der Waals surface area (Å²) in [4.78, 5) is 26.7. The third-order valence-electron chi connectivity index (χ3n) is 6.02. The minimum atomic E-state index is 0.0481. The second-order valence-corrected chi connectivity index (χ2v) is 9.41. The average molecular weight is 416 g/mol. The van der Waals surface area contributed by atoms with E-state index in [0.717, 1.165) is 66.6 Å². The first-order chi connectivity index (χ1) is 13.6. The summed E-state index contributed by atoms with van der Waals surface area (Å²) in [6.45, 7) is 6.92. The van der Waals surface area contributed by atoms with Crippen molar-refractivity contribution >= 4 is 38.8 Å². The van der Waals surface area contributed by atoms with E-state index in [1.165, 1.54) is 33.0 Å². The lowest BCUT2D eigenvalue weighted by Crippen LogP contribution is -3.13. The van der Waals surface area contributed by atoms with Gasteiger partial charge in [-0.25, -0.2) is 4.98 Å². The van der Waals surface area contributed by atoms with Gasteiger partial charge in [-0.2, -0.15) is 0 Å². The van der Waals surface area contributed by atoms with Gasteiger partial charge < -0.3 is 14.8 Å². The van der Waals surface area contributed by atoms with Crippen molar-refractivity contribution in [1.29, 1.82) is 0 Å². The minimum Gasteiger partial charge on any atom is -0.360 e. The Hall–Kier alpha value is -1.89. The van der Waals surface area contributed by atoms with E-state index in [-0.39, 0.29) is 5.56 Å². The number of hydrogen-bond acceptors (Lipinski definition) is 4. The number of halogens is 1. The Morgan fingerprint density at radius 3 is 2.93 bits per heavy atom. The lowest BCUT2D eigenvalue weighted by molar-refractivity contribution is -0.915. The normalized spacial score (nSPS) is 17.4. The average Bonchev–Trinajstić information content (AvgIpc) is 3.25. The lowest BCUT2D eigenvalue weighted by atomic mass is 10.1. The first-order valence-electron chi connectivity index (χ1n) is 9.96. The molecular weight excluding hydrogens is 392 g/mol. The number of quaternary nitrogens is 1. The van der Waals surface area contributed by atoms with Crippen LogP contribution in [0.25, 0.3) is 10.2 Å². The van der Waals surface area contributed by atoms with E-state index in [4.69, 9.17) is 16.6 Å². The molecule has 5 rings (SSSR count). The van der Waals surface area contributed by atoms with Crippen LogP contribution in [-0.2, 0) is 19.4 Å². The number of fused-ring (bicyclic) bond motifs is 3. The number of piperazine rings is 1. The van der Waals surface area contributed by atoms with Gasteiger partial charge in [0.1, 0.15) is 11.4 Å². The molecule has 0 amide bonds. The van der Waals surface area contributed by atoms with Gasteiger partial charge in [-0.1, -0.05) is 17.7 Å². The number of aromatic amines is 1. The molecule has 7 heteroatoms. The first kappa shape index (κ1) is 18.2. The summed E-state index contributed by atoms with van der Waals surface area (Å²) in [7, 11) is 0. The molecule has 0 spiro atoms. The molecule has 0 bridgehead atoms. The third kappa shape index (κ3) is 3.23. The Labute approximate surface area is 173 Å². The van der Waals surface area contributed by atoms with Crippen LogP contribution in [0.2, 0.25) is 5.02 Å². The number of aromatic nitrogens is 2. The molecule has 1 aliphatic heterocycles. The van der Waals surface area contributed by atoms with Gasteiger partial charge in [0.25, 0.3) is 5.56 Å². The maximum absolute atomic E-state index is 12.6. The maximum atomic E-state index is 12.6. The number of anilines is 1. The van der Waals surface area contributed by atoms with Gasteiger partial charge in [-0.3, -0.25) is 4.79 Å². The van der Waals surface area contributed by atoms with Crippen LogP contribution in [-0.4, -0.2) is 36.1 Å². The quantitative estimate of drug-likeness (QED) is 0.690. The van der Waals surface area contributed by atoms with Crippen molar-refractivity contribution in [3.63, 3.8) is 0 Å². The van der Waals surface area contributed by atoms with Gasteiger partial charge in [0.2, 0.25) is 0 Å². The summed E-state index contributed by atoms with van der Waals surface area (Å²) in [5.41, 5.74) is 3.78. The topological polar surface area (TPSA) is 53.4 Å². The molecule has 3 heterocycles. The highest BCUT2D eigenvalue weighted by Crippen LogP contribution is 2.34. The van der Waals surface area contributed by atoms with Crippen LogP contribution in [0.1, 0.15) is 28.2 Å². The van der Waals surface area contributed by atoms with E-state index in [1.807, 2.05) is 6.07 Å². The molecule has 0 atom stereocenters. The summed E-state index contributed by atoms with van der Waals surface area (Å²) in [6.07, 6.45) is 3.29. The predicted molar refractivity (Wildman–Crippen MR) is 115 cm³/mol. The van der Waals surface area contributed by atoms with Crippen LogP contribution >= 0.6 is 22.9 Å². The summed E-state index contributed by atoms with van der Waals surface area (Å²) in [5.74, 6) is 0.819. The molecular formula is C21H24ClN4OS+. The largest absolute Gasteiger partial charge is 0.360 e. The van der Waals surface area contributed by atoms with Gasteiger partial charge >= 0.3 is 0 Å². The van der Waals surface area contributed by atoms with Crippen LogP contribution in [0.15, 0.2) is 23.0 Å². The molecule has 0 radical (unpaired) electrons. The fourth-order valence-corrected chi connectivity index (χ4v) is 5.98. The van der Waals surface area contributed by atoms with Gasteiger partial charge in [-0.05, 0) is 49.4 Å². The Morgan fingerprint density at radius 2 is 2.11 bits per heavy atom. The Morgan fingerprint density at radius 1 is 1.29 bits per heavy atom. The second-order valence-electron chi connectivity index (χ2n) is 7.89. The zero-order chi connectivity index (χ0) is 19.3. The molecule has 1 aromatic carbocycles. The maximum Gasteiger partial charge on any atom is 0.260 e. The van der Waals surface area contributed by atoms with Crippen molar-refractivity contribution < 1.29 is 4.90 Å². The number of hydrogen-bond donors (Lipinski definition) is 2. The molecule has 1 aliphatic carbocycles. The molecule has 5 nitrogen and oxygen atoms in total. The van der Waals surface area contributed by atoms with Crippen molar-refractivity contribution in [2.45, 2.75) is 32.7 Å². The van der Waals surface area contributed by atoms with Crippen LogP contribution in [0.3, 0.4) is 0 Å². The molecule has 2 aromatic heterocycles. The van der Waals surface area contributed by atoms with Crippen molar-refractivity contribution in [2.75, 3.05) is 31.1 Å². The molecule has 146 valence electrons.